The number of ether oxygens (including phenoxy) is 1. The first-order chi connectivity index (χ1) is 10.2. The summed E-state index contributed by atoms with van der Waals surface area (Å²) in [5.74, 6) is -1.47. The average Bonchev–Trinajstić information content (AvgIpc) is 2.41. The fraction of sp³-hybridized carbons (Fsp3) is 0.562. The summed E-state index contributed by atoms with van der Waals surface area (Å²) in [6, 6.07) is 2.18. The Balaban J connectivity index is 2.01. The van der Waals surface area contributed by atoms with E-state index in [1.54, 1.807) is 4.90 Å². The van der Waals surface area contributed by atoms with Crippen molar-refractivity contribution >= 4 is 6.09 Å². The van der Waals surface area contributed by atoms with Gasteiger partial charge in [0.25, 0.3) is 0 Å². The molecule has 0 aromatic heterocycles. The summed E-state index contributed by atoms with van der Waals surface area (Å²) in [5.41, 5.74) is -0.0640. The summed E-state index contributed by atoms with van der Waals surface area (Å²) >= 11 is 0. The van der Waals surface area contributed by atoms with Crippen molar-refractivity contribution in [2.24, 2.45) is 0 Å². The number of hydrogen-bond acceptors (Lipinski definition) is 4. The first-order valence-corrected chi connectivity index (χ1v) is 7.36. The standard InChI is InChI=1S/C16H22FNO4/c1-16(2,3)22-15(21)18-6-4-10(5-7-18)11-8-12(17)14(20)9-13(11)19/h8-10,19-20H,4-7H2,1-3H3. The number of amides is 1. The molecule has 1 aromatic rings. The van der Waals surface area contributed by atoms with Gasteiger partial charge in [-0.3, -0.25) is 0 Å². The molecule has 0 spiro atoms. The third kappa shape index (κ3) is 3.81. The monoisotopic (exact) mass is 311 g/mol. The van der Waals surface area contributed by atoms with Crippen LogP contribution in [0.3, 0.4) is 0 Å². The first kappa shape index (κ1) is 16.4. The molecule has 0 unspecified atom stereocenters. The second-order valence-corrected chi connectivity index (χ2v) is 6.60. The molecule has 1 aliphatic heterocycles. The van der Waals surface area contributed by atoms with Gasteiger partial charge in [0.15, 0.2) is 11.6 Å². The highest BCUT2D eigenvalue weighted by Crippen LogP contribution is 2.37. The maximum Gasteiger partial charge on any atom is 0.410 e. The minimum absolute atomic E-state index is 0.0474. The van der Waals surface area contributed by atoms with Crippen molar-refractivity contribution in [3.8, 4) is 11.5 Å². The highest BCUT2D eigenvalue weighted by molar-refractivity contribution is 5.68. The number of rotatable bonds is 1. The molecule has 1 fully saturated rings. The van der Waals surface area contributed by atoms with Crippen LogP contribution in [0.1, 0.15) is 45.1 Å². The number of carbonyl (C=O) groups excluding carboxylic acids is 1. The van der Waals surface area contributed by atoms with Crippen molar-refractivity contribution in [3.63, 3.8) is 0 Å². The summed E-state index contributed by atoms with van der Waals surface area (Å²) in [7, 11) is 0. The molecule has 0 saturated carbocycles. The lowest BCUT2D eigenvalue weighted by Gasteiger charge is -2.33. The van der Waals surface area contributed by atoms with E-state index in [0.29, 0.717) is 31.5 Å². The molecule has 0 bridgehead atoms. The Bertz CT molecular complexity index is 560. The number of piperidine rings is 1. The summed E-state index contributed by atoms with van der Waals surface area (Å²) in [6.07, 6.45) is 0.862. The minimum Gasteiger partial charge on any atom is -0.508 e. The van der Waals surface area contributed by atoms with Crippen LogP contribution < -0.4 is 0 Å². The molecule has 1 aromatic carbocycles. The zero-order valence-corrected chi connectivity index (χ0v) is 13.1. The quantitative estimate of drug-likeness (QED) is 0.834. The topological polar surface area (TPSA) is 70.0 Å². The highest BCUT2D eigenvalue weighted by Gasteiger charge is 2.29. The normalized spacial score (nSPS) is 16.6. The van der Waals surface area contributed by atoms with Crippen LogP contribution in [-0.2, 0) is 4.74 Å². The number of halogens is 1. The Morgan fingerprint density at radius 2 is 1.82 bits per heavy atom. The third-order valence-corrected chi connectivity index (χ3v) is 3.68. The van der Waals surface area contributed by atoms with E-state index in [1.807, 2.05) is 20.8 Å². The van der Waals surface area contributed by atoms with Crippen molar-refractivity contribution in [1.29, 1.82) is 0 Å². The Kier molecular flexibility index (Phi) is 4.49. The van der Waals surface area contributed by atoms with Gasteiger partial charge < -0.3 is 19.8 Å². The van der Waals surface area contributed by atoms with Gasteiger partial charge in [0, 0.05) is 24.7 Å². The van der Waals surface area contributed by atoms with Crippen LogP contribution in [0.15, 0.2) is 12.1 Å². The molecule has 0 radical (unpaired) electrons. The molecule has 122 valence electrons. The van der Waals surface area contributed by atoms with E-state index in [-0.39, 0.29) is 17.8 Å². The Labute approximate surface area is 129 Å². The van der Waals surface area contributed by atoms with E-state index in [4.69, 9.17) is 4.74 Å². The van der Waals surface area contributed by atoms with E-state index < -0.39 is 17.2 Å². The van der Waals surface area contributed by atoms with Crippen molar-refractivity contribution in [3.05, 3.63) is 23.5 Å². The van der Waals surface area contributed by atoms with Gasteiger partial charge in [-0.1, -0.05) is 0 Å². The van der Waals surface area contributed by atoms with Gasteiger partial charge in [0.1, 0.15) is 11.4 Å². The lowest BCUT2D eigenvalue weighted by Crippen LogP contribution is -2.41. The van der Waals surface area contributed by atoms with Crippen molar-refractivity contribution in [2.75, 3.05) is 13.1 Å². The van der Waals surface area contributed by atoms with Crippen LogP contribution in [0, 0.1) is 5.82 Å². The zero-order valence-electron chi connectivity index (χ0n) is 13.1. The summed E-state index contributed by atoms with van der Waals surface area (Å²) in [5, 5.41) is 19.1. The number of phenolic OH excluding ortho intramolecular Hbond substituents is 2. The molecule has 0 atom stereocenters. The van der Waals surface area contributed by atoms with Crippen LogP contribution >= 0.6 is 0 Å². The molecule has 1 saturated heterocycles. The van der Waals surface area contributed by atoms with Crippen LogP contribution in [-0.4, -0.2) is 39.9 Å². The summed E-state index contributed by atoms with van der Waals surface area (Å²) in [4.78, 5) is 13.6. The molecule has 1 heterocycles. The van der Waals surface area contributed by atoms with E-state index in [1.165, 1.54) is 6.07 Å². The van der Waals surface area contributed by atoms with Gasteiger partial charge in [-0.25, -0.2) is 9.18 Å². The molecule has 2 rings (SSSR count). The minimum atomic E-state index is -0.748. The fourth-order valence-corrected chi connectivity index (χ4v) is 2.59. The van der Waals surface area contributed by atoms with Crippen LogP contribution in [0.2, 0.25) is 0 Å². The van der Waals surface area contributed by atoms with Gasteiger partial charge in [-0.05, 0) is 45.6 Å². The maximum absolute atomic E-state index is 13.5. The van der Waals surface area contributed by atoms with Crippen molar-refractivity contribution in [2.45, 2.75) is 45.1 Å². The number of phenols is 2. The van der Waals surface area contributed by atoms with Crippen molar-refractivity contribution in [1.82, 2.24) is 4.90 Å². The lowest BCUT2D eigenvalue weighted by molar-refractivity contribution is 0.0204. The molecule has 1 amide bonds. The van der Waals surface area contributed by atoms with Crippen LogP contribution in [0.5, 0.6) is 11.5 Å². The van der Waals surface area contributed by atoms with Gasteiger partial charge >= 0.3 is 6.09 Å². The third-order valence-electron chi connectivity index (χ3n) is 3.68. The van der Waals surface area contributed by atoms with Gasteiger partial charge in [-0.15, -0.1) is 0 Å². The Hall–Kier alpha value is -1.98. The van der Waals surface area contributed by atoms with E-state index in [9.17, 15) is 19.4 Å². The number of aromatic hydroxyl groups is 2. The van der Waals surface area contributed by atoms with Gasteiger partial charge in [0.05, 0.1) is 0 Å². The van der Waals surface area contributed by atoms with E-state index >= 15 is 0 Å². The van der Waals surface area contributed by atoms with E-state index in [2.05, 4.69) is 0 Å². The van der Waals surface area contributed by atoms with E-state index in [0.717, 1.165) is 6.07 Å². The Morgan fingerprint density at radius 3 is 2.36 bits per heavy atom. The largest absolute Gasteiger partial charge is 0.508 e. The summed E-state index contributed by atoms with van der Waals surface area (Å²) < 4.78 is 18.8. The second-order valence-electron chi connectivity index (χ2n) is 6.60. The van der Waals surface area contributed by atoms with Crippen LogP contribution in [0.25, 0.3) is 0 Å². The first-order valence-electron chi connectivity index (χ1n) is 7.36. The van der Waals surface area contributed by atoms with Gasteiger partial charge in [-0.2, -0.15) is 0 Å². The number of likely N-dealkylation sites (tertiary alicyclic amines) is 1. The molecule has 2 N–H and O–H groups in total. The second kappa shape index (κ2) is 6.02. The molecule has 5 nitrogen and oxygen atoms in total. The molecular weight excluding hydrogens is 289 g/mol. The molecule has 0 aliphatic carbocycles. The highest BCUT2D eigenvalue weighted by atomic mass is 19.1. The number of benzene rings is 1. The van der Waals surface area contributed by atoms with Crippen LogP contribution in [0.4, 0.5) is 9.18 Å². The predicted octanol–water partition coefficient (Wildman–Crippen LogP) is 3.35. The summed E-state index contributed by atoms with van der Waals surface area (Å²) in [6.45, 7) is 6.42. The molecule has 6 heteroatoms. The average molecular weight is 311 g/mol. The molecular formula is C16H22FNO4. The van der Waals surface area contributed by atoms with Crippen molar-refractivity contribution < 1.29 is 24.1 Å². The number of carbonyl (C=O) groups is 1. The lowest BCUT2D eigenvalue weighted by atomic mass is 9.89. The van der Waals surface area contributed by atoms with Gasteiger partial charge in [0.2, 0.25) is 0 Å². The molecule has 22 heavy (non-hydrogen) atoms. The maximum atomic E-state index is 13.5. The SMILES string of the molecule is CC(C)(C)OC(=O)N1CCC(c2cc(F)c(O)cc2O)CC1. The predicted molar refractivity (Wildman–Crippen MR) is 79.5 cm³/mol. The smallest absolute Gasteiger partial charge is 0.410 e. The fourth-order valence-electron chi connectivity index (χ4n) is 2.59. The Morgan fingerprint density at radius 1 is 1.23 bits per heavy atom. The number of nitrogens with zero attached hydrogens (tertiary/aromatic N) is 1. The zero-order chi connectivity index (χ0) is 16.5. The molecule has 1 aliphatic rings. The number of hydrogen-bond donors (Lipinski definition) is 2.